The molecule has 0 spiro atoms. The van der Waals surface area contributed by atoms with E-state index in [-0.39, 0.29) is 17.9 Å². The van der Waals surface area contributed by atoms with E-state index < -0.39 is 12.5 Å². The van der Waals surface area contributed by atoms with Crippen molar-refractivity contribution in [2.75, 3.05) is 0 Å². The standard InChI is InChI=1S/C16H18F2N4O2/c17-16(18)24-12-7-4-3-6-11(12)15(23)19-10-14-21-20-13-8-2-1-5-9-22(13)14/h3-4,6-7,16H,1-2,5,8-10H2,(H,19,23). The third kappa shape index (κ3) is 3.69. The van der Waals surface area contributed by atoms with Crippen LogP contribution in [0.4, 0.5) is 8.78 Å². The molecule has 0 atom stereocenters. The molecule has 8 heteroatoms. The van der Waals surface area contributed by atoms with Gasteiger partial charge < -0.3 is 14.6 Å². The number of aromatic nitrogens is 3. The van der Waals surface area contributed by atoms with Gasteiger partial charge in [0.05, 0.1) is 12.1 Å². The maximum Gasteiger partial charge on any atom is 0.387 e. The van der Waals surface area contributed by atoms with Gasteiger partial charge in [0.1, 0.15) is 11.6 Å². The van der Waals surface area contributed by atoms with Crippen LogP contribution in [0.2, 0.25) is 0 Å². The van der Waals surface area contributed by atoms with E-state index in [0.717, 1.165) is 38.1 Å². The minimum Gasteiger partial charge on any atom is -0.434 e. The van der Waals surface area contributed by atoms with Gasteiger partial charge in [-0.1, -0.05) is 18.6 Å². The average molecular weight is 336 g/mol. The maximum absolute atomic E-state index is 12.4. The first-order chi connectivity index (χ1) is 11.6. The van der Waals surface area contributed by atoms with E-state index in [0.29, 0.717) is 5.82 Å². The van der Waals surface area contributed by atoms with Crippen LogP contribution in [0.25, 0.3) is 0 Å². The molecule has 0 saturated carbocycles. The van der Waals surface area contributed by atoms with Gasteiger partial charge in [-0.2, -0.15) is 8.78 Å². The van der Waals surface area contributed by atoms with E-state index >= 15 is 0 Å². The molecule has 1 aliphatic heterocycles. The van der Waals surface area contributed by atoms with Crippen molar-refractivity contribution in [2.45, 2.75) is 45.4 Å². The van der Waals surface area contributed by atoms with Crippen molar-refractivity contribution in [2.24, 2.45) is 0 Å². The molecule has 0 unspecified atom stereocenters. The molecule has 0 bridgehead atoms. The van der Waals surface area contributed by atoms with Crippen LogP contribution in [0.3, 0.4) is 0 Å². The zero-order valence-corrected chi connectivity index (χ0v) is 13.0. The van der Waals surface area contributed by atoms with Gasteiger partial charge in [0.15, 0.2) is 5.82 Å². The van der Waals surface area contributed by atoms with Gasteiger partial charge in [0, 0.05) is 13.0 Å². The van der Waals surface area contributed by atoms with Crippen LogP contribution < -0.4 is 10.1 Å². The summed E-state index contributed by atoms with van der Waals surface area (Å²) in [6, 6.07) is 5.91. The van der Waals surface area contributed by atoms with Crippen molar-refractivity contribution < 1.29 is 18.3 Å². The summed E-state index contributed by atoms with van der Waals surface area (Å²) in [5, 5.41) is 11.0. The molecular formula is C16H18F2N4O2. The Labute approximate surface area is 137 Å². The number of nitrogens with one attached hydrogen (secondary N) is 1. The first kappa shape index (κ1) is 16.4. The second-order valence-corrected chi connectivity index (χ2v) is 5.55. The largest absolute Gasteiger partial charge is 0.434 e. The fourth-order valence-corrected chi connectivity index (χ4v) is 2.78. The van der Waals surface area contributed by atoms with Gasteiger partial charge in [-0.3, -0.25) is 4.79 Å². The number of nitrogens with zero attached hydrogens (tertiary/aromatic N) is 3. The van der Waals surface area contributed by atoms with Crippen LogP contribution in [0.5, 0.6) is 5.75 Å². The van der Waals surface area contributed by atoms with Crippen molar-refractivity contribution in [1.29, 1.82) is 0 Å². The molecule has 3 rings (SSSR count). The number of carbonyl (C=O) groups is 1. The van der Waals surface area contributed by atoms with Gasteiger partial charge in [0.25, 0.3) is 5.91 Å². The van der Waals surface area contributed by atoms with Crippen molar-refractivity contribution in [3.8, 4) is 5.75 Å². The number of carbonyl (C=O) groups excluding carboxylic acids is 1. The molecule has 2 heterocycles. The molecule has 1 amide bonds. The number of benzene rings is 1. The summed E-state index contributed by atoms with van der Waals surface area (Å²) in [6.45, 7) is -1.96. The zero-order valence-electron chi connectivity index (χ0n) is 13.0. The fraction of sp³-hybridized carbons (Fsp3) is 0.438. The smallest absolute Gasteiger partial charge is 0.387 e. The molecule has 6 nitrogen and oxygen atoms in total. The van der Waals surface area contributed by atoms with Crippen molar-refractivity contribution >= 4 is 5.91 Å². The molecule has 0 radical (unpaired) electrons. The normalized spacial score (nSPS) is 14.1. The predicted octanol–water partition coefficient (Wildman–Crippen LogP) is 2.54. The van der Waals surface area contributed by atoms with Gasteiger partial charge in [-0.25, -0.2) is 0 Å². The van der Waals surface area contributed by atoms with Crippen molar-refractivity contribution in [3.05, 3.63) is 41.5 Å². The van der Waals surface area contributed by atoms with Crippen LogP contribution in [-0.4, -0.2) is 27.3 Å². The van der Waals surface area contributed by atoms with Gasteiger partial charge in [-0.05, 0) is 25.0 Å². The molecule has 0 saturated heterocycles. The number of aryl methyl sites for hydroxylation is 1. The van der Waals surface area contributed by atoms with Crippen LogP contribution in [0, 0.1) is 0 Å². The van der Waals surface area contributed by atoms with E-state index in [2.05, 4.69) is 20.3 Å². The lowest BCUT2D eigenvalue weighted by atomic mass is 10.2. The maximum atomic E-state index is 12.4. The fourth-order valence-electron chi connectivity index (χ4n) is 2.78. The Hall–Kier alpha value is -2.51. The first-order valence-electron chi connectivity index (χ1n) is 7.88. The van der Waals surface area contributed by atoms with Crippen molar-refractivity contribution in [3.63, 3.8) is 0 Å². The molecular weight excluding hydrogens is 318 g/mol. The number of amides is 1. The molecule has 24 heavy (non-hydrogen) atoms. The molecule has 1 N–H and O–H groups in total. The van der Waals surface area contributed by atoms with Gasteiger partial charge in [-0.15, -0.1) is 10.2 Å². The second kappa shape index (κ2) is 7.37. The molecule has 1 aromatic carbocycles. The van der Waals surface area contributed by atoms with E-state index in [4.69, 9.17) is 0 Å². The van der Waals surface area contributed by atoms with Gasteiger partial charge in [0.2, 0.25) is 0 Å². The number of ether oxygens (including phenoxy) is 1. The number of alkyl halides is 2. The predicted molar refractivity (Wildman–Crippen MR) is 81.8 cm³/mol. The molecule has 128 valence electrons. The first-order valence-corrected chi connectivity index (χ1v) is 7.88. The third-order valence-corrected chi connectivity index (χ3v) is 3.94. The van der Waals surface area contributed by atoms with E-state index in [9.17, 15) is 13.6 Å². The Morgan fingerprint density at radius 1 is 1.25 bits per heavy atom. The van der Waals surface area contributed by atoms with E-state index in [1.54, 1.807) is 6.07 Å². The summed E-state index contributed by atoms with van der Waals surface area (Å²) >= 11 is 0. The monoisotopic (exact) mass is 336 g/mol. The Morgan fingerprint density at radius 3 is 2.92 bits per heavy atom. The highest BCUT2D eigenvalue weighted by Crippen LogP contribution is 2.20. The number of hydrogen-bond acceptors (Lipinski definition) is 4. The second-order valence-electron chi connectivity index (χ2n) is 5.55. The summed E-state index contributed by atoms with van der Waals surface area (Å²) in [5.74, 6) is 0.966. The van der Waals surface area contributed by atoms with Crippen LogP contribution in [0.1, 0.15) is 41.3 Å². The Kier molecular flexibility index (Phi) is 5.02. The summed E-state index contributed by atoms with van der Waals surface area (Å²) in [6.07, 6.45) is 4.17. The number of fused-ring (bicyclic) bond motifs is 1. The topological polar surface area (TPSA) is 69.0 Å². The lowest BCUT2D eigenvalue weighted by molar-refractivity contribution is -0.0501. The van der Waals surface area contributed by atoms with Crippen LogP contribution >= 0.6 is 0 Å². The highest BCUT2D eigenvalue weighted by molar-refractivity contribution is 5.96. The Morgan fingerprint density at radius 2 is 2.08 bits per heavy atom. The number of para-hydroxylation sites is 1. The number of rotatable bonds is 5. The molecule has 0 aliphatic carbocycles. The third-order valence-electron chi connectivity index (χ3n) is 3.94. The summed E-state index contributed by atoms with van der Waals surface area (Å²) in [4.78, 5) is 12.3. The molecule has 0 fully saturated rings. The molecule has 1 aliphatic rings. The number of halogens is 2. The molecule has 1 aromatic heterocycles. The summed E-state index contributed by atoms with van der Waals surface area (Å²) < 4.78 is 31.3. The van der Waals surface area contributed by atoms with Crippen molar-refractivity contribution in [1.82, 2.24) is 20.1 Å². The minimum atomic E-state index is -2.98. The van der Waals surface area contributed by atoms with Crippen LogP contribution in [-0.2, 0) is 19.5 Å². The highest BCUT2D eigenvalue weighted by Gasteiger charge is 2.18. The lowest BCUT2D eigenvalue weighted by Crippen LogP contribution is -2.25. The van der Waals surface area contributed by atoms with E-state index in [1.165, 1.54) is 18.2 Å². The SMILES string of the molecule is O=C(NCc1nnc2n1CCCCC2)c1ccccc1OC(F)F. The molecule has 2 aromatic rings. The zero-order chi connectivity index (χ0) is 16.9. The summed E-state index contributed by atoms with van der Waals surface area (Å²) in [5.41, 5.74) is 0.0633. The quantitative estimate of drug-likeness (QED) is 0.911. The summed E-state index contributed by atoms with van der Waals surface area (Å²) in [7, 11) is 0. The van der Waals surface area contributed by atoms with Crippen LogP contribution in [0.15, 0.2) is 24.3 Å². The lowest BCUT2D eigenvalue weighted by Gasteiger charge is -2.11. The van der Waals surface area contributed by atoms with E-state index in [1.807, 2.05) is 4.57 Å². The average Bonchev–Trinajstić information content (AvgIpc) is 2.79. The number of hydrogen-bond donors (Lipinski definition) is 1. The Balaban J connectivity index is 1.69. The van der Waals surface area contributed by atoms with Gasteiger partial charge >= 0.3 is 6.61 Å². The highest BCUT2D eigenvalue weighted by atomic mass is 19.3. The Bertz CT molecular complexity index is 718. The minimum absolute atomic E-state index is 0.0633.